The van der Waals surface area contributed by atoms with Crippen LogP contribution in [0.25, 0.3) is 22.8 Å². The Kier molecular flexibility index (Phi) is 7.21. The largest absolute Gasteiger partial charge is 0.478 e. The van der Waals surface area contributed by atoms with Crippen LogP contribution in [0.15, 0.2) is 48.6 Å². The zero-order valence-corrected chi connectivity index (χ0v) is 27.3. The zero-order chi connectivity index (χ0) is 31.9. The average molecular weight is 652 g/mol. The number of carboxylic acids is 1. The lowest BCUT2D eigenvalue weighted by molar-refractivity contribution is 0.0696. The average Bonchev–Trinajstić information content (AvgIpc) is 2.88. The van der Waals surface area contributed by atoms with E-state index in [2.05, 4.69) is 26.8 Å². The second-order valence-electron chi connectivity index (χ2n) is 13.1. The molecule has 0 radical (unpaired) electrons. The first kappa shape index (κ1) is 30.7. The predicted octanol–water partition coefficient (Wildman–Crippen LogP) is 7.51. The van der Waals surface area contributed by atoms with Crippen LogP contribution in [0, 0.1) is 10.8 Å². The van der Waals surface area contributed by atoms with E-state index in [-0.39, 0.29) is 26.6 Å². The molecule has 6 rings (SSSR count). The minimum Gasteiger partial charge on any atom is -0.478 e. The Labute approximate surface area is 266 Å². The number of fused-ring (bicyclic) bond motifs is 4. The van der Waals surface area contributed by atoms with Gasteiger partial charge in [-0.1, -0.05) is 76.0 Å². The molecule has 228 valence electrons. The van der Waals surface area contributed by atoms with Gasteiger partial charge in [0, 0.05) is 32.4 Å². The van der Waals surface area contributed by atoms with Crippen LogP contribution in [-0.2, 0) is 16.5 Å². The number of allylic oxidation sites excluding steroid dienone is 3. The molecule has 0 bridgehead atoms. The van der Waals surface area contributed by atoms with Crippen LogP contribution >= 0.6 is 23.2 Å². The van der Waals surface area contributed by atoms with Crippen molar-refractivity contribution < 1.29 is 27.6 Å². The number of hydrogen-bond acceptors (Lipinski definition) is 4. The van der Waals surface area contributed by atoms with E-state index in [1.54, 1.807) is 12.1 Å². The van der Waals surface area contributed by atoms with Gasteiger partial charge in [-0.05, 0) is 87.7 Å². The maximum Gasteiger partial charge on any atom is 0.337 e. The van der Waals surface area contributed by atoms with Crippen LogP contribution in [0.4, 0.5) is 0 Å². The fraction of sp³-hybridized carbons (Fsp3) is 0.286. The van der Waals surface area contributed by atoms with E-state index < -0.39 is 27.3 Å². The van der Waals surface area contributed by atoms with Crippen LogP contribution in [-0.4, -0.2) is 29.8 Å². The molecule has 0 aromatic heterocycles. The summed E-state index contributed by atoms with van der Waals surface area (Å²) >= 11 is 13.3. The lowest BCUT2D eigenvalue weighted by Gasteiger charge is -2.32. The zero-order valence-electron chi connectivity index (χ0n) is 25.0. The Morgan fingerprint density at radius 1 is 0.909 bits per heavy atom. The van der Waals surface area contributed by atoms with Gasteiger partial charge in [-0.3, -0.25) is 4.55 Å². The van der Waals surface area contributed by atoms with Gasteiger partial charge in [-0.25, -0.2) is 4.79 Å². The summed E-state index contributed by atoms with van der Waals surface area (Å²) < 4.78 is 40.6. The van der Waals surface area contributed by atoms with E-state index in [0.717, 1.165) is 29.2 Å². The number of rotatable bonds is 5. The first-order chi connectivity index (χ1) is 20.5. The minimum absolute atomic E-state index is 0.0350. The standard InChI is InChI=1S/C35H32Cl2O6S/c1-6-18-13-34(2,3)14-19-9-28-24(11-22(18)19)30(31-26(36)7-8-27(37)32(31)33(38)39)25-12-23-20(10-29(25)43-28)15-35(4,5)16-21(23)17-44(40,41)42/h7-13,15-16H,6,14,17H2,1-5H3,(H,38,39)(H,40,41,42). The summed E-state index contributed by atoms with van der Waals surface area (Å²) in [6.07, 6.45) is 7.73. The molecule has 2 N–H and O–H groups in total. The van der Waals surface area contributed by atoms with E-state index in [1.165, 1.54) is 11.6 Å². The molecular weight excluding hydrogens is 619 g/mol. The molecule has 0 saturated carbocycles. The first-order valence-electron chi connectivity index (χ1n) is 14.3. The molecule has 6 nitrogen and oxygen atoms in total. The third kappa shape index (κ3) is 5.40. The lowest BCUT2D eigenvalue weighted by atomic mass is 9.74. The molecule has 0 unspecified atom stereocenters. The molecular formula is C35H32Cl2O6S. The van der Waals surface area contributed by atoms with E-state index in [9.17, 15) is 22.9 Å². The molecule has 3 aliphatic rings. The number of carboxylic acid groups (broad SMARTS) is 1. The van der Waals surface area contributed by atoms with Crippen LogP contribution < -0.4 is 15.2 Å². The summed E-state index contributed by atoms with van der Waals surface area (Å²) in [6.45, 7) is 10.4. The van der Waals surface area contributed by atoms with Crippen molar-refractivity contribution in [2.75, 3.05) is 5.75 Å². The van der Waals surface area contributed by atoms with Gasteiger partial charge >= 0.3 is 5.97 Å². The molecule has 0 amide bonds. The van der Waals surface area contributed by atoms with Gasteiger partial charge in [-0.2, -0.15) is 8.42 Å². The normalized spacial score (nSPS) is 17.6. The van der Waals surface area contributed by atoms with Gasteiger partial charge in [0.2, 0.25) is 0 Å². The lowest BCUT2D eigenvalue weighted by Crippen LogP contribution is -2.29. The summed E-state index contributed by atoms with van der Waals surface area (Å²) in [5.41, 5.74) is 5.13. The van der Waals surface area contributed by atoms with Crippen molar-refractivity contribution in [2.24, 2.45) is 10.8 Å². The highest BCUT2D eigenvalue weighted by molar-refractivity contribution is 7.86. The van der Waals surface area contributed by atoms with E-state index in [1.807, 2.05) is 44.2 Å². The molecule has 0 spiro atoms. The van der Waals surface area contributed by atoms with Gasteiger partial charge in [0.1, 0.15) is 17.3 Å². The maximum absolute atomic E-state index is 12.7. The molecule has 44 heavy (non-hydrogen) atoms. The Morgan fingerprint density at radius 2 is 1.61 bits per heavy atom. The summed E-state index contributed by atoms with van der Waals surface area (Å²) in [4.78, 5) is 12.7. The Balaban J connectivity index is 1.78. The monoisotopic (exact) mass is 650 g/mol. The Morgan fingerprint density at radius 3 is 2.27 bits per heavy atom. The number of benzene rings is 3. The van der Waals surface area contributed by atoms with Gasteiger partial charge in [0.05, 0.1) is 10.6 Å². The molecule has 0 atom stereocenters. The van der Waals surface area contributed by atoms with Gasteiger partial charge < -0.3 is 9.84 Å². The van der Waals surface area contributed by atoms with E-state index >= 15 is 0 Å². The van der Waals surface area contributed by atoms with Crippen LogP contribution in [0.5, 0.6) is 11.5 Å². The number of hydrogen-bond donors (Lipinski definition) is 2. The van der Waals surface area contributed by atoms with Crippen molar-refractivity contribution in [1.82, 2.24) is 0 Å². The highest BCUT2D eigenvalue weighted by Crippen LogP contribution is 2.47. The van der Waals surface area contributed by atoms with Crippen molar-refractivity contribution in [3.05, 3.63) is 102 Å². The third-order valence-electron chi connectivity index (χ3n) is 8.38. The Bertz CT molecular complexity index is 2100. The van der Waals surface area contributed by atoms with Crippen LogP contribution in [0.3, 0.4) is 0 Å². The van der Waals surface area contributed by atoms with Crippen molar-refractivity contribution in [2.45, 2.75) is 47.5 Å². The van der Waals surface area contributed by atoms with Gasteiger partial charge in [-0.15, -0.1) is 0 Å². The number of carbonyl (C=O) groups is 1. The van der Waals surface area contributed by atoms with Gasteiger partial charge in [0.25, 0.3) is 10.1 Å². The smallest absolute Gasteiger partial charge is 0.337 e. The molecule has 0 saturated heterocycles. The summed E-state index contributed by atoms with van der Waals surface area (Å²) in [6, 6.07) is 10.7. The van der Waals surface area contributed by atoms with Crippen molar-refractivity contribution in [3.8, 4) is 11.5 Å². The molecule has 3 aromatic rings. The van der Waals surface area contributed by atoms with Crippen molar-refractivity contribution in [1.29, 1.82) is 0 Å². The molecule has 2 aliphatic carbocycles. The second-order valence-corrected chi connectivity index (χ2v) is 15.3. The molecule has 1 aliphatic heterocycles. The summed E-state index contributed by atoms with van der Waals surface area (Å²) in [5, 5.41) is 11.9. The van der Waals surface area contributed by atoms with E-state index in [0.29, 0.717) is 39.0 Å². The molecule has 1 heterocycles. The maximum atomic E-state index is 12.7. The van der Waals surface area contributed by atoms with Crippen LogP contribution in [0.1, 0.15) is 79.2 Å². The number of aromatic carboxylic acids is 1. The highest BCUT2D eigenvalue weighted by atomic mass is 35.5. The van der Waals surface area contributed by atoms with E-state index in [4.69, 9.17) is 27.9 Å². The minimum atomic E-state index is -4.35. The van der Waals surface area contributed by atoms with Crippen LogP contribution in [0.2, 0.25) is 10.0 Å². The number of ether oxygens (including phenoxy) is 1. The number of halogens is 2. The van der Waals surface area contributed by atoms with Crippen molar-refractivity contribution in [3.63, 3.8) is 0 Å². The predicted molar refractivity (Wildman–Crippen MR) is 176 cm³/mol. The fourth-order valence-electron chi connectivity index (χ4n) is 6.83. The second kappa shape index (κ2) is 10.3. The molecule has 0 fully saturated rings. The summed E-state index contributed by atoms with van der Waals surface area (Å²) in [7, 11) is -4.35. The Hall–Kier alpha value is -3.36. The topological polar surface area (TPSA) is 101 Å². The van der Waals surface area contributed by atoms with Gasteiger partial charge in [0.15, 0.2) is 0 Å². The molecule has 9 heteroatoms. The third-order valence-corrected chi connectivity index (χ3v) is 9.68. The molecule has 3 aromatic carbocycles. The quantitative estimate of drug-likeness (QED) is 0.217. The van der Waals surface area contributed by atoms with Crippen molar-refractivity contribution >= 4 is 62.1 Å². The summed E-state index contributed by atoms with van der Waals surface area (Å²) in [5.74, 6) is -0.770. The highest BCUT2D eigenvalue weighted by Gasteiger charge is 2.33. The SMILES string of the molecule is CCC1=CC(C)(C)Cc2cc3c(cc21)C(c1c(Cl)ccc(Cl)c1C(=O)O)=c1cc2c(cc1O3)=CC(C)(C)C=C2CS(=O)(=O)O. The fourth-order valence-corrected chi connectivity index (χ4v) is 7.95. The first-order valence-corrected chi connectivity index (χ1v) is 16.7.